The fraction of sp³-hybridized carbons (Fsp3) is 0.500. The number of para-hydroxylation sites is 1. The SMILES string of the molecule is NCCC1CCN(Cc2cc3ccccc3o2)CC1. The van der Waals surface area contributed by atoms with Crippen LogP contribution in [0.5, 0.6) is 0 Å². The lowest BCUT2D eigenvalue weighted by Crippen LogP contribution is -2.33. The van der Waals surface area contributed by atoms with Crippen LogP contribution in [0.3, 0.4) is 0 Å². The van der Waals surface area contributed by atoms with Crippen molar-refractivity contribution in [2.45, 2.75) is 25.8 Å². The fourth-order valence-electron chi connectivity index (χ4n) is 3.00. The molecule has 1 aliphatic rings. The van der Waals surface area contributed by atoms with Crippen molar-refractivity contribution in [3.8, 4) is 0 Å². The number of nitrogens with zero attached hydrogens (tertiary/aromatic N) is 1. The van der Waals surface area contributed by atoms with Crippen LogP contribution >= 0.6 is 0 Å². The molecule has 0 aliphatic carbocycles. The van der Waals surface area contributed by atoms with Crippen LogP contribution in [-0.4, -0.2) is 24.5 Å². The molecule has 102 valence electrons. The normalized spacial score (nSPS) is 18.2. The van der Waals surface area contributed by atoms with E-state index in [-0.39, 0.29) is 0 Å². The first-order valence-corrected chi connectivity index (χ1v) is 7.25. The van der Waals surface area contributed by atoms with Gasteiger partial charge in [0.1, 0.15) is 11.3 Å². The van der Waals surface area contributed by atoms with Crippen molar-refractivity contribution in [1.82, 2.24) is 4.90 Å². The lowest BCUT2D eigenvalue weighted by atomic mass is 9.93. The summed E-state index contributed by atoms with van der Waals surface area (Å²) in [6, 6.07) is 10.4. The summed E-state index contributed by atoms with van der Waals surface area (Å²) in [6.07, 6.45) is 3.73. The highest BCUT2D eigenvalue weighted by molar-refractivity contribution is 5.77. The highest BCUT2D eigenvalue weighted by Gasteiger charge is 2.19. The molecule has 1 aromatic carbocycles. The van der Waals surface area contributed by atoms with E-state index in [1.807, 2.05) is 12.1 Å². The maximum Gasteiger partial charge on any atom is 0.134 e. The molecule has 1 aliphatic heterocycles. The summed E-state index contributed by atoms with van der Waals surface area (Å²) in [7, 11) is 0. The highest BCUT2D eigenvalue weighted by Crippen LogP contribution is 2.24. The Kier molecular flexibility index (Phi) is 3.85. The first kappa shape index (κ1) is 12.7. The minimum Gasteiger partial charge on any atom is -0.460 e. The van der Waals surface area contributed by atoms with Crippen molar-refractivity contribution in [2.24, 2.45) is 11.7 Å². The van der Waals surface area contributed by atoms with Gasteiger partial charge < -0.3 is 10.2 Å². The number of benzene rings is 1. The average molecular weight is 258 g/mol. The molecule has 0 atom stereocenters. The number of piperidine rings is 1. The summed E-state index contributed by atoms with van der Waals surface area (Å²) in [4.78, 5) is 2.49. The van der Waals surface area contributed by atoms with Crippen molar-refractivity contribution in [3.05, 3.63) is 36.1 Å². The average Bonchev–Trinajstić information content (AvgIpc) is 2.83. The third-order valence-electron chi connectivity index (χ3n) is 4.14. The summed E-state index contributed by atoms with van der Waals surface area (Å²) in [5.74, 6) is 1.91. The van der Waals surface area contributed by atoms with Gasteiger partial charge in [-0.15, -0.1) is 0 Å². The minimum absolute atomic E-state index is 0.828. The van der Waals surface area contributed by atoms with E-state index in [9.17, 15) is 0 Å². The lowest BCUT2D eigenvalue weighted by molar-refractivity contribution is 0.164. The first-order valence-electron chi connectivity index (χ1n) is 7.25. The van der Waals surface area contributed by atoms with E-state index in [1.54, 1.807) is 0 Å². The molecule has 2 heterocycles. The lowest BCUT2D eigenvalue weighted by Gasteiger charge is -2.31. The minimum atomic E-state index is 0.828. The number of hydrogen-bond donors (Lipinski definition) is 1. The Morgan fingerprint density at radius 1 is 1.21 bits per heavy atom. The highest BCUT2D eigenvalue weighted by atomic mass is 16.3. The van der Waals surface area contributed by atoms with Gasteiger partial charge >= 0.3 is 0 Å². The predicted molar refractivity (Wildman–Crippen MR) is 77.9 cm³/mol. The molecule has 0 radical (unpaired) electrons. The van der Waals surface area contributed by atoms with Crippen LogP contribution < -0.4 is 5.73 Å². The third kappa shape index (κ3) is 2.99. The van der Waals surface area contributed by atoms with Gasteiger partial charge in [0.05, 0.1) is 6.54 Å². The Morgan fingerprint density at radius 3 is 2.74 bits per heavy atom. The van der Waals surface area contributed by atoms with Gasteiger partial charge in [-0.2, -0.15) is 0 Å². The van der Waals surface area contributed by atoms with Crippen molar-refractivity contribution < 1.29 is 4.42 Å². The fourth-order valence-corrected chi connectivity index (χ4v) is 3.00. The zero-order valence-electron chi connectivity index (χ0n) is 11.3. The molecule has 0 saturated carbocycles. The second-order valence-electron chi connectivity index (χ2n) is 5.55. The largest absolute Gasteiger partial charge is 0.460 e. The number of likely N-dealkylation sites (tertiary alicyclic amines) is 1. The van der Waals surface area contributed by atoms with Crippen molar-refractivity contribution in [2.75, 3.05) is 19.6 Å². The molecule has 1 saturated heterocycles. The zero-order valence-corrected chi connectivity index (χ0v) is 11.3. The van der Waals surface area contributed by atoms with Gasteiger partial charge in [-0.3, -0.25) is 4.90 Å². The van der Waals surface area contributed by atoms with Gasteiger partial charge in [0.15, 0.2) is 0 Å². The summed E-state index contributed by atoms with van der Waals surface area (Å²) in [5.41, 5.74) is 6.63. The molecule has 3 heteroatoms. The summed E-state index contributed by atoms with van der Waals surface area (Å²) in [6.45, 7) is 4.10. The molecule has 0 unspecified atom stereocenters. The number of nitrogens with two attached hydrogens (primary N) is 1. The molecule has 3 rings (SSSR count). The van der Waals surface area contributed by atoms with E-state index < -0.39 is 0 Å². The maximum atomic E-state index is 5.88. The molecular weight excluding hydrogens is 236 g/mol. The summed E-state index contributed by atoms with van der Waals surface area (Å²) >= 11 is 0. The van der Waals surface area contributed by atoms with Gasteiger partial charge in [-0.25, -0.2) is 0 Å². The van der Waals surface area contributed by atoms with Gasteiger partial charge in [0, 0.05) is 5.39 Å². The maximum absolute atomic E-state index is 5.88. The molecular formula is C16H22N2O. The van der Waals surface area contributed by atoms with Crippen molar-refractivity contribution in [3.63, 3.8) is 0 Å². The standard InChI is InChI=1S/C16H22N2O/c17-8-5-13-6-9-18(10-7-13)12-15-11-14-3-1-2-4-16(14)19-15/h1-4,11,13H,5-10,12,17H2. The van der Waals surface area contributed by atoms with E-state index in [0.29, 0.717) is 0 Å². The van der Waals surface area contributed by atoms with E-state index in [2.05, 4.69) is 23.1 Å². The van der Waals surface area contributed by atoms with Crippen molar-refractivity contribution >= 4 is 11.0 Å². The van der Waals surface area contributed by atoms with Crippen LogP contribution in [0.4, 0.5) is 0 Å². The monoisotopic (exact) mass is 258 g/mol. The molecule has 0 amide bonds. The smallest absolute Gasteiger partial charge is 0.134 e. The van der Waals surface area contributed by atoms with Gasteiger partial charge in [-0.1, -0.05) is 18.2 Å². The molecule has 1 fully saturated rings. The Labute approximate surface area is 114 Å². The van der Waals surface area contributed by atoms with E-state index in [1.165, 1.54) is 37.7 Å². The number of furan rings is 1. The van der Waals surface area contributed by atoms with E-state index in [4.69, 9.17) is 10.2 Å². The van der Waals surface area contributed by atoms with Crippen LogP contribution in [-0.2, 0) is 6.54 Å². The van der Waals surface area contributed by atoms with Gasteiger partial charge in [0.2, 0.25) is 0 Å². The van der Waals surface area contributed by atoms with Gasteiger partial charge in [-0.05, 0) is 56.9 Å². The Hall–Kier alpha value is -1.32. The van der Waals surface area contributed by atoms with Crippen LogP contribution in [0, 0.1) is 5.92 Å². The Bertz CT molecular complexity index is 493. The zero-order chi connectivity index (χ0) is 13.1. The molecule has 2 aromatic rings. The first-order chi connectivity index (χ1) is 9.35. The van der Waals surface area contributed by atoms with Gasteiger partial charge in [0.25, 0.3) is 0 Å². The number of fused-ring (bicyclic) bond motifs is 1. The number of hydrogen-bond acceptors (Lipinski definition) is 3. The molecule has 2 N–H and O–H groups in total. The molecule has 0 bridgehead atoms. The number of rotatable bonds is 4. The predicted octanol–water partition coefficient (Wildman–Crippen LogP) is 2.99. The van der Waals surface area contributed by atoms with Crippen molar-refractivity contribution in [1.29, 1.82) is 0 Å². The second-order valence-corrected chi connectivity index (χ2v) is 5.55. The summed E-state index contributed by atoms with van der Waals surface area (Å²) < 4.78 is 5.88. The Morgan fingerprint density at radius 2 is 2.00 bits per heavy atom. The van der Waals surface area contributed by atoms with E-state index in [0.717, 1.165) is 30.4 Å². The Balaban J connectivity index is 1.60. The van der Waals surface area contributed by atoms with Crippen LogP contribution in [0.15, 0.2) is 34.7 Å². The molecule has 19 heavy (non-hydrogen) atoms. The quantitative estimate of drug-likeness (QED) is 0.916. The molecule has 3 nitrogen and oxygen atoms in total. The van der Waals surface area contributed by atoms with Crippen LogP contribution in [0.1, 0.15) is 25.0 Å². The summed E-state index contributed by atoms with van der Waals surface area (Å²) in [5, 5.41) is 1.20. The topological polar surface area (TPSA) is 42.4 Å². The van der Waals surface area contributed by atoms with E-state index >= 15 is 0 Å². The van der Waals surface area contributed by atoms with Crippen LogP contribution in [0.2, 0.25) is 0 Å². The molecule has 1 aromatic heterocycles. The third-order valence-corrected chi connectivity index (χ3v) is 4.14. The second kappa shape index (κ2) is 5.76. The van der Waals surface area contributed by atoms with Crippen LogP contribution in [0.25, 0.3) is 11.0 Å². The molecule has 0 spiro atoms.